The second-order valence-corrected chi connectivity index (χ2v) is 5.18. The van der Waals surface area contributed by atoms with Gasteiger partial charge in [0.25, 0.3) is 5.91 Å². The third-order valence-electron chi connectivity index (χ3n) is 3.78. The summed E-state index contributed by atoms with van der Waals surface area (Å²) in [4.78, 5) is 17.8. The van der Waals surface area contributed by atoms with E-state index in [9.17, 15) is 4.79 Å². The highest BCUT2D eigenvalue weighted by atomic mass is 16.3. The molecule has 1 fully saturated rings. The number of amides is 1. The van der Waals surface area contributed by atoms with Gasteiger partial charge < -0.3 is 9.32 Å². The summed E-state index contributed by atoms with van der Waals surface area (Å²) >= 11 is 0. The van der Waals surface area contributed by atoms with Crippen LogP contribution in [-0.4, -0.2) is 29.4 Å². The van der Waals surface area contributed by atoms with Gasteiger partial charge in [-0.25, -0.2) is 4.98 Å². The van der Waals surface area contributed by atoms with E-state index in [0.717, 1.165) is 19.4 Å². The highest BCUT2D eigenvalue weighted by Gasteiger charge is 2.45. The van der Waals surface area contributed by atoms with Gasteiger partial charge in [-0.15, -0.1) is 0 Å². The van der Waals surface area contributed by atoms with Crippen LogP contribution in [0.15, 0.2) is 47.4 Å². The maximum Gasteiger partial charge on any atom is 0.275 e. The molecule has 0 unspecified atom stereocenters. The standard InChI is InChI=1S/C15H16N2O2/c1-17(14(18)13-9-19-11-16-13)10-15(7-8-15)12-5-3-2-4-6-12/h2-6,9,11H,7-8,10H2,1H3. The number of carbonyl (C=O) groups excluding carboxylic acids is 1. The van der Waals surface area contributed by atoms with Crippen LogP contribution in [0.25, 0.3) is 0 Å². The quantitative estimate of drug-likeness (QED) is 0.844. The second-order valence-electron chi connectivity index (χ2n) is 5.18. The average Bonchev–Trinajstić information content (AvgIpc) is 3.03. The van der Waals surface area contributed by atoms with E-state index >= 15 is 0 Å². The molecule has 4 heteroatoms. The fourth-order valence-corrected chi connectivity index (χ4v) is 2.52. The molecule has 0 aliphatic heterocycles. The zero-order valence-electron chi connectivity index (χ0n) is 10.9. The lowest BCUT2D eigenvalue weighted by Gasteiger charge is -2.23. The number of carbonyl (C=O) groups is 1. The zero-order chi connectivity index (χ0) is 13.3. The highest BCUT2D eigenvalue weighted by Crippen LogP contribution is 2.48. The largest absolute Gasteiger partial charge is 0.451 e. The molecule has 1 aliphatic rings. The van der Waals surface area contributed by atoms with Crippen molar-refractivity contribution in [1.29, 1.82) is 0 Å². The number of hydrogen-bond acceptors (Lipinski definition) is 3. The molecule has 19 heavy (non-hydrogen) atoms. The second kappa shape index (κ2) is 4.53. The number of benzene rings is 1. The maximum atomic E-state index is 12.1. The molecule has 98 valence electrons. The number of oxazole rings is 1. The number of nitrogens with zero attached hydrogens (tertiary/aromatic N) is 2. The van der Waals surface area contributed by atoms with Crippen LogP contribution >= 0.6 is 0 Å². The molecule has 1 heterocycles. The SMILES string of the molecule is CN(CC1(c2ccccc2)CC1)C(=O)c1cocn1. The fraction of sp³-hybridized carbons (Fsp3) is 0.333. The molecular weight excluding hydrogens is 240 g/mol. The van der Waals surface area contributed by atoms with Gasteiger partial charge in [0.2, 0.25) is 0 Å². The normalized spacial score (nSPS) is 16.1. The molecule has 4 nitrogen and oxygen atoms in total. The van der Waals surface area contributed by atoms with E-state index in [4.69, 9.17) is 4.42 Å². The number of likely N-dealkylation sites (N-methyl/N-ethyl adjacent to an activating group) is 1. The van der Waals surface area contributed by atoms with Crippen molar-refractivity contribution >= 4 is 5.91 Å². The van der Waals surface area contributed by atoms with Crippen LogP contribution in [0.1, 0.15) is 28.9 Å². The Bertz CT molecular complexity index is 559. The van der Waals surface area contributed by atoms with Crippen molar-refractivity contribution in [2.24, 2.45) is 0 Å². The molecule has 1 amide bonds. The molecule has 3 rings (SSSR count). The summed E-state index contributed by atoms with van der Waals surface area (Å²) in [5.41, 5.74) is 1.82. The minimum Gasteiger partial charge on any atom is -0.451 e. The van der Waals surface area contributed by atoms with Crippen molar-refractivity contribution < 1.29 is 9.21 Å². The number of rotatable bonds is 4. The van der Waals surface area contributed by atoms with Gasteiger partial charge in [-0.1, -0.05) is 30.3 Å². The molecule has 2 aromatic rings. The van der Waals surface area contributed by atoms with Gasteiger partial charge in [0.15, 0.2) is 12.1 Å². The molecule has 0 atom stereocenters. The highest BCUT2D eigenvalue weighted by molar-refractivity contribution is 5.91. The molecule has 0 N–H and O–H groups in total. The van der Waals surface area contributed by atoms with Crippen molar-refractivity contribution in [2.75, 3.05) is 13.6 Å². The molecular formula is C15H16N2O2. The van der Waals surface area contributed by atoms with Crippen LogP contribution < -0.4 is 0 Å². The predicted molar refractivity (Wildman–Crippen MR) is 70.8 cm³/mol. The Labute approximate surface area is 112 Å². The first kappa shape index (κ1) is 12.0. The predicted octanol–water partition coefficient (Wildman–Crippen LogP) is 2.48. The van der Waals surface area contributed by atoms with Gasteiger partial charge in [-0.2, -0.15) is 0 Å². The third kappa shape index (κ3) is 2.26. The molecule has 1 aromatic heterocycles. The monoisotopic (exact) mass is 256 g/mol. The van der Waals surface area contributed by atoms with Gasteiger partial charge in [0, 0.05) is 19.0 Å². The van der Waals surface area contributed by atoms with Gasteiger partial charge in [-0.3, -0.25) is 4.79 Å². The first-order valence-corrected chi connectivity index (χ1v) is 6.40. The smallest absolute Gasteiger partial charge is 0.275 e. The Morgan fingerprint density at radius 3 is 2.68 bits per heavy atom. The molecule has 1 saturated carbocycles. The van der Waals surface area contributed by atoms with Crippen LogP contribution in [0, 0.1) is 0 Å². The minimum atomic E-state index is -0.0871. The average molecular weight is 256 g/mol. The zero-order valence-corrected chi connectivity index (χ0v) is 10.9. The van der Waals surface area contributed by atoms with Crippen LogP contribution in [0.2, 0.25) is 0 Å². The fourth-order valence-electron chi connectivity index (χ4n) is 2.52. The van der Waals surface area contributed by atoms with Crippen LogP contribution in [-0.2, 0) is 5.41 Å². The molecule has 0 radical (unpaired) electrons. The summed E-state index contributed by atoms with van der Waals surface area (Å²) in [5.74, 6) is -0.0871. The summed E-state index contributed by atoms with van der Waals surface area (Å²) in [7, 11) is 1.82. The molecule has 0 bridgehead atoms. The van der Waals surface area contributed by atoms with Crippen LogP contribution in [0.4, 0.5) is 0 Å². The lowest BCUT2D eigenvalue weighted by Crippen LogP contribution is -2.34. The van der Waals surface area contributed by atoms with Crippen molar-refractivity contribution in [2.45, 2.75) is 18.3 Å². The molecule has 0 spiro atoms. The Morgan fingerprint density at radius 1 is 1.37 bits per heavy atom. The van der Waals surface area contributed by atoms with Crippen molar-refractivity contribution in [3.63, 3.8) is 0 Å². The van der Waals surface area contributed by atoms with Crippen LogP contribution in [0.5, 0.6) is 0 Å². The summed E-state index contributed by atoms with van der Waals surface area (Å²) in [6.45, 7) is 0.725. The molecule has 1 aliphatic carbocycles. The Hall–Kier alpha value is -2.10. The van der Waals surface area contributed by atoms with E-state index in [-0.39, 0.29) is 11.3 Å². The van der Waals surface area contributed by atoms with E-state index in [1.54, 1.807) is 4.90 Å². The van der Waals surface area contributed by atoms with Crippen molar-refractivity contribution in [3.8, 4) is 0 Å². The van der Waals surface area contributed by atoms with E-state index in [1.165, 1.54) is 18.2 Å². The maximum absolute atomic E-state index is 12.1. The number of aromatic nitrogens is 1. The van der Waals surface area contributed by atoms with E-state index in [0.29, 0.717) is 5.69 Å². The Kier molecular flexibility index (Phi) is 2.85. The van der Waals surface area contributed by atoms with E-state index in [1.807, 2.05) is 13.1 Å². The third-order valence-corrected chi connectivity index (χ3v) is 3.78. The van der Waals surface area contributed by atoms with Crippen molar-refractivity contribution in [3.05, 3.63) is 54.2 Å². The van der Waals surface area contributed by atoms with Gasteiger partial charge in [-0.05, 0) is 18.4 Å². The summed E-state index contributed by atoms with van der Waals surface area (Å²) < 4.78 is 4.86. The molecule has 1 aromatic carbocycles. The summed E-state index contributed by atoms with van der Waals surface area (Å²) in [5, 5.41) is 0. The van der Waals surface area contributed by atoms with Gasteiger partial charge in [0.1, 0.15) is 6.26 Å². The number of hydrogen-bond donors (Lipinski definition) is 0. The minimum absolute atomic E-state index is 0.0871. The Balaban J connectivity index is 1.73. The van der Waals surface area contributed by atoms with Gasteiger partial charge in [0.05, 0.1) is 0 Å². The topological polar surface area (TPSA) is 46.3 Å². The van der Waals surface area contributed by atoms with E-state index < -0.39 is 0 Å². The van der Waals surface area contributed by atoms with Crippen LogP contribution in [0.3, 0.4) is 0 Å². The van der Waals surface area contributed by atoms with Crippen molar-refractivity contribution in [1.82, 2.24) is 9.88 Å². The summed E-state index contributed by atoms with van der Waals surface area (Å²) in [6.07, 6.45) is 4.94. The first-order chi connectivity index (χ1) is 9.21. The van der Waals surface area contributed by atoms with E-state index in [2.05, 4.69) is 29.2 Å². The molecule has 0 saturated heterocycles. The Morgan fingerprint density at radius 2 is 2.11 bits per heavy atom. The first-order valence-electron chi connectivity index (χ1n) is 6.40. The summed E-state index contributed by atoms with van der Waals surface area (Å²) in [6, 6.07) is 10.4. The van der Waals surface area contributed by atoms with Gasteiger partial charge >= 0.3 is 0 Å². The lowest BCUT2D eigenvalue weighted by atomic mass is 9.95. The lowest BCUT2D eigenvalue weighted by molar-refractivity contribution is 0.0775.